The molecule has 0 N–H and O–H groups in total. The van der Waals surface area contributed by atoms with Crippen LogP contribution in [0.15, 0.2) is 18.2 Å². The Labute approximate surface area is 98.9 Å². The van der Waals surface area contributed by atoms with Crippen LogP contribution in [0.5, 0.6) is 0 Å². The Kier molecular flexibility index (Phi) is 4.12. The maximum atomic E-state index is 12.7. The van der Waals surface area contributed by atoms with E-state index in [1.54, 1.807) is 0 Å². The fraction of sp³-hybridized carbons (Fsp3) is 0.533. The van der Waals surface area contributed by atoms with Crippen LogP contribution in [0.3, 0.4) is 0 Å². The van der Waals surface area contributed by atoms with Gasteiger partial charge in [0.2, 0.25) is 0 Å². The summed E-state index contributed by atoms with van der Waals surface area (Å²) in [7, 11) is 0. The molecule has 1 rings (SSSR count). The number of aryl methyl sites for hydroxylation is 1. The fourth-order valence-corrected chi connectivity index (χ4v) is 1.65. The second-order valence-corrected chi connectivity index (χ2v) is 5.44. The van der Waals surface area contributed by atoms with E-state index in [-0.39, 0.29) is 12.1 Å². The summed E-state index contributed by atoms with van der Waals surface area (Å²) >= 11 is 0. The van der Waals surface area contributed by atoms with Crippen molar-refractivity contribution in [1.82, 2.24) is 0 Å². The number of rotatable bonds is 3. The first-order valence-corrected chi connectivity index (χ1v) is 5.91. The first-order valence-electron chi connectivity index (χ1n) is 5.91. The molecule has 0 aliphatic carbocycles. The molecule has 0 bridgehead atoms. The van der Waals surface area contributed by atoms with Crippen LogP contribution >= 0.6 is 0 Å². The smallest absolute Gasteiger partial charge is 0.0997 e. The molecule has 89 valence electrons. The monoisotopic (exact) mass is 221 g/mol. The minimum Gasteiger partial charge on any atom is -0.250 e. The van der Waals surface area contributed by atoms with E-state index >= 15 is 0 Å². The molecule has 0 aliphatic rings. The van der Waals surface area contributed by atoms with Gasteiger partial charge in [-0.2, -0.15) is 0 Å². The van der Waals surface area contributed by atoms with Crippen molar-refractivity contribution in [2.45, 2.75) is 46.5 Å². The van der Waals surface area contributed by atoms with E-state index in [1.165, 1.54) is 11.1 Å². The summed E-state index contributed by atoms with van der Waals surface area (Å²) in [6.45, 7) is 10.2. The lowest BCUT2D eigenvalue weighted by molar-refractivity contribution is 0.515. The van der Waals surface area contributed by atoms with Crippen molar-refractivity contribution in [3.63, 3.8) is 0 Å². The number of halogens is 1. The molecule has 0 atom stereocenters. The molecule has 0 unspecified atom stereocenters. The van der Waals surface area contributed by atoms with Crippen molar-refractivity contribution in [2.75, 3.05) is 6.67 Å². The topological polar surface area (TPSA) is 0 Å². The summed E-state index contributed by atoms with van der Waals surface area (Å²) in [5.41, 5.74) is 3.74. The average Bonchev–Trinajstić information content (AvgIpc) is 2.26. The third-order valence-electron chi connectivity index (χ3n) is 2.96. The highest BCUT2D eigenvalue weighted by Crippen LogP contribution is 2.27. The largest absolute Gasteiger partial charge is 0.250 e. The molecule has 0 spiro atoms. The zero-order valence-electron chi connectivity index (χ0n) is 11.0. The zero-order chi connectivity index (χ0) is 12.3. The molecule has 1 aromatic rings. The van der Waals surface area contributed by atoms with Crippen LogP contribution in [-0.2, 0) is 11.8 Å². The number of hydrogen-bond donors (Lipinski definition) is 0. The van der Waals surface area contributed by atoms with Gasteiger partial charge in [0.05, 0.1) is 6.67 Å². The molecule has 0 saturated carbocycles. The second kappa shape index (κ2) is 4.99. The first kappa shape index (κ1) is 13.2. The predicted molar refractivity (Wildman–Crippen MR) is 68.5 cm³/mol. The van der Waals surface area contributed by atoms with Gasteiger partial charge in [0, 0.05) is 5.92 Å². The quantitative estimate of drug-likeness (QED) is 0.707. The van der Waals surface area contributed by atoms with Gasteiger partial charge in [-0.25, -0.2) is 0 Å². The van der Waals surface area contributed by atoms with E-state index in [1.807, 2.05) is 6.92 Å². The molecule has 0 fully saturated rings. The van der Waals surface area contributed by atoms with Crippen LogP contribution in [-0.4, -0.2) is 6.67 Å². The van der Waals surface area contributed by atoms with E-state index < -0.39 is 0 Å². The maximum Gasteiger partial charge on any atom is 0.0997 e. The van der Waals surface area contributed by atoms with Crippen molar-refractivity contribution < 1.29 is 4.39 Å². The normalized spacial score (nSPS) is 12.2. The van der Waals surface area contributed by atoms with Crippen LogP contribution < -0.4 is 0 Å². The highest BCUT2D eigenvalue weighted by molar-refractivity contribution is 5.40. The summed E-state index contributed by atoms with van der Waals surface area (Å²) in [6, 6.07) is 6.45. The number of hydrogen-bond acceptors (Lipinski definition) is 0. The van der Waals surface area contributed by atoms with Gasteiger partial charge in [-0.1, -0.05) is 52.8 Å². The van der Waals surface area contributed by atoms with Crippen molar-refractivity contribution in [3.05, 3.63) is 40.8 Å². The van der Waals surface area contributed by atoms with Crippen molar-refractivity contribution in [2.24, 2.45) is 0 Å². The molecule has 1 aromatic carbocycles. The fourth-order valence-electron chi connectivity index (χ4n) is 1.65. The standard InChI is InChI=1S/C15H22F/c1-6-12-7-13(11(2)10-16)9-14(8-12)15(3,4)5/h7-9H,6,10H2,1-5H3. The van der Waals surface area contributed by atoms with Gasteiger partial charge in [0.15, 0.2) is 0 Å². The lowest BCUT2D eigenvalue weighted by Gasteiger charge is -2.22. The summed E-state index contributed by atoms with van der Waals surface area (Å²) in [5.74, 6) is 0.820. The molecular formula is C15H22F. The van der Waals surface area contributed by atoms with Gasteiger partial charge < -0.3 is 0 Å². The highest BCUT2D eigenvalue weighted by atomic mass is 19.1. The molecule has 1 heteroatoms. The first-order chi connectivity index (χ1) is 7.38. The minimum absolute atomic E-state index is 0.122. The van der Waals surface area contributed by atoms with Crippen LogP contribution in [0.2, 0.25) is 0 Å². The van der Waals surface area contributed by atoms with E-state index in [4.69, 9.17) is 0 Å². The van der Waals surface area contributed by atoms with E-state index in [0.717, 1.165) is 17.9 Å². The summed E-state index contributed by atoms with van der Waals surface area (Å²) < 4.78 is 12.7. The van der Waals surface area contributed by atoms with Crippen molar-refractivity contribution in [3.8, 4) is 0 Å². The Balaban J connectivity index is 3.21. The third-order valence-corrected chi connectivity index (χ3v) is 2.96. The molecule has 0 heterocycles. The number of alkyl halides is 1. The molecule has 0 aliphatic heterocycles. The minimum atomic E-state index is -0.364. The number of benzene rings is 1. The van der Waals surface area contributed by atoms with Crippen LogP contribution in [0.1, 0.15) is 51.3 Å². The van der Waals surface area contributed by atoms with Crippen LogP contribution in [0.4, 0.5) is 4.39 Å². The van der Waals surface area contributed by atoms with Gasteiger partial charge >= 0.3 is 0 Å². The zero-order valence-corrected chi connectivity index (χ0v) is 11.0. The van der Waals surface area contributed by atoms with Crippen molar-refractivity contribution >= 4 is 0 Å². The highest BCUT2D eigenvalue weighted by Gasteiger charge is 2.16. The average molecular weight is 221 g/mol. The van der Waals surface area contributed by atoms with E-state index in [9.17, 15) is 4.39 Å². The Bertz CT molecular complexity index is 347. The second-order valence-electron chi connectivity index (χ2n) is 5.44. The summed E-state index contributed by atoms with van der Waals surface area (Å²) in [5, 5.41) is 0. The lowest BCUT2D eigenvalue weighted by Crippen LogP contribution is -2.13. The molecule has 0 nitrogen and oxygen atoms in total. The summed E-state index contributed by atoms with van der Waals surface area (Å²) in [6.07, 6.45) is 0.997. The van der Waals surface area contributed by atoms with Crippen LogP contribution in [0, 0.1) is 5.92 Å². The maximum absolute atomic E-state index is 12.7. The van der Waals surface area contributed by atoms with Gasteiger partial charge in [-0.05, 0) is 28.5 Å². The Morgan fingerprint density at radius 2 is 1.81 bits per heavy atom. The molecule has 0 saturated heterocycles. The van der Waals surface area contributed by atoms with E-state index in [2.05, 4.69) is 45.9 Å². The molecule has 1 radical (unpaired) electrons. The SMILES string of the molecule is CCc1cc([C](C)CF)cc(C(C)(C)C)c1. The molecule has 16 heavy (non-hydrogen) atoms. The Hall–Kier alpha value is -0.850. The lowest BCUT2D eigenvalue weighted by atomic mass is 9.83. The molecule has 0 aromatic heterocycles. The predicted octanol–water partition coefficient (Wildman–Crippen LogP) is 4.46. The van der Waals surface area contributed by atoms with Gasteiger partial charge in [0.25, 0.3) is 0 Å². The Morgan fingerprint density at radius 3 is 2.25 bits per heavy atom. The molecule has 0 amide bonds. The van der Waals surface area contributed by atoms with Gasteiger partial charge in [0.1, 0.15) is 0 Å². The molecular weight excluding hydrogens is 199 g/mol. The van der Waals surface area contributed by atoms with Gasteiger partial charge in [-0.15, -0.1) is 0 Å². The van der Waals surface area contributed by atoms with E-state index in [0.29, 0.717) is 0 Å². The summed E-state index contributed by atoms with van der Waals surface area (Å²) in [4.78, 5) is 0. The van der Waals surface area contributed by atoms with Crippen molar-refractivity contribution in [1.29, 1.82) is 0 Å². The van der Waals surface area contributed by atoms with Crippen LogP contribution in [0.25, 0.3) is 0 Å². The van der Waals surface area contributed by atoms with Gasteiger partial charge in [-0.3, -0.25) is 4.39 Å². The Morgan fingerprint density at radius 1 is 1.19 bits per heavy atom. The third kappa shape index (κ3) is 3.07.